The smallest absolute Gasteiger partial charge is 0.250 e. The number of ether oxygens (including phenoxy) is 2. The molecule has 0 heterocycles. The van der Waals surface area contributed by atoms with Crippen LogP contribution < -0.4 is 14.9 Å². The minimum atomic E-state index is -0.134. The maximum Gasteiger partial charge on any atom is 0.250 e. The minimum Gasteiger partial charge on any atom is -0.497 e. The van der Waals surface area contributed by atoms with Crippen LogP contribution in [-0.4, -0.2) is 31.6 Å². The van der Waals surface area contributed by atoms with Crippen molar-refractivity contribution < 1.29 is 14.3 Å². The molecule has 0 atom stereocenters. The fourth-order valence-corrected chi connectivity index (χ4v) is 2.78. The van der Waals surface area contributed by atoms with Gasteiger partial charge in [-0.15, -0.1) is 11.8 Å². The summed E-state index contributed by atoms with van der Waals surface area (Å²) in [5.41, 5.74) is 4.55. The average Bonchev–Trinajstić information content (AvgIpc) is 2.68. The fraction of sp³-hybridized carbons (Fsp3) is 0.200. The average molecular weight is 370 g/mol. The molecule has 0 unspecified atom stereocenters. The number of nitrogens with zero attached hydrogens (tertiary/aromatic N) is 1. The maximum absolute atomic E-state index is 11.8. The van der Waals surface area contributed by atoms with Crippen molar-refractivity contribution in [2.75, 3.05) is 19.5 Å². The van der Waals surface area contributed by atoms with Crippen LogP contribution in [0.4, 0.5) is 0 Å². The third-order valence-corrected chi connectivity index (χ3v) is 4.32. The van der Waals surface area contributed by atoms with Crippen LogP contribution >= 0.6 is 11.8 Å². The molecule has 0 aliphatic carbocycles. The number of thioether (sulfide) groups is 1. The lowest BCUT2D eigenvalue weighted by molar-refractivity contribution is -0.118. The highest BCUT2D eigenvalue weighted by Crippen LogP contribution is 2.16. The Morgan fingerprint density at radius 1 is 1.15 bits per heavy atom. The van der Waals surface area contributed by atoms with E-state index in [0.717, 1.165) is 28.4 Å². The Morgan fingerprint density at radius 3 is 2.50 bits per heavy atom. The van der Waals surface area contributed by atoms with Crippen LogP contribution in [0.1, 0.15) is 11.1 Å². The van der Waals surface area contributed by atoms with E-state index in [1.165, 1.54) is 11.8 Å². The predicted molar refractivity (Wildman–Crippen MR) is 107 cm³/mol. The van der Waals surface area contributed by atoms with Gasteiger partial charge in [-0.25, -0.2) is 5.43 Å². The molecule has 2 aromatic rings. The van der Waals surface area contributed by atoms with E-state index in [4.69, 9.17) is 9.47 Å². The molecule has 0 aliphatic heterocycles. The summed E-state index contributed by atoms with van der Waals surface area (Å²) in [5, 5.41) is 3.97. The van der Waals surface area contributed by atoms with Crippen molar-refractivity contribution in [1.82, 2.24) is 5.43 Å². The molecule has 0 aromatic heterocycles. The standard InChI is InChI=1S/C20H22N2O3S/c1-3-12-25-19-10-4-16(5-11-19)13-21-22-20(23)15-26-14-17-6-8-18(24-2)9-7-17/h3-11,13H,1,12,14-15H2,2H3,(H,22,23). The molecule has 0 fully saturated rings. The van der Waals surface area contributed by atoms with Gasteiger partial charge in [0, 0.05) is 5.75 Å². The number of hydrogen-bond acceptors (Lipinski definition) is 5. The van der Waals surface area contributed by atoms with Crippen molar-refractivity contribution in [2.24, 2.45) is 5.10 Å². The molecule has 26 heavy (non-hydrogen) atoms. The number of hydrogen-bond donors (Lipinski definition) is 1. The van der Waals surface area contributed by atoms with Crippen LogP contribution in [0.2, 0.25) is 0 Å². The van der Waals surface area contributed by atoms with Crippen LogP contribution in [0, 0.1) is 0 Å². The van der Waals surface area contributed by atoms with Gasteiger partial charge < -0.3 is 9.47 Å². The molecule has 0 spiro atoms. The summed E-state index contributed by atoms with van der Waals surface area (Å²) in [6, 6.07) is 15.2. The summed E-state index contributed by atoms with van der Waals surface area (Å²) >= 11 is 1.53. The molecule has 0 aliphatic rings. The largest absolute Gasteiger partial charge is 0.497 e. The SMILES string of the molecule is C=CCOc1ccc(C=NNC(=O)CSCc2ccc(OC)cc2)cc1. The zero-order valence-electron chi connectivity index (χ0n) is 14.7. The van der Waals surface area contributed by atoms with Crippen molar-refractivity contribution in [3.05, 3.63) is 72.3 Å². The Kier molecular flexibility index (Phi) is 8.29. The molecule has 5 nitrogen and oxygen atoms in total. The predicted octanol–water partition coefficient (Wildman–Crippen LogP) is 3.64. The Bertz CT molecular complexity index is 728. The topological polar surface area (TPSA) is 59.9 Å². The van der Waals surface area contributed by atoms with E-state index in [2.05, 4.69) is 17.1 Å². The van der Waals surface area contributed by atoms with Crippen molar-refractivity contribution in [3.63, 3.8) is 0 Å². The van der Waals surface area contributed by atoms with Crippen molar-refractivity contribution in [1.29, 1.82) is 0 Å². The number of nitrogens with one attached hydrogen (secondary N) is 1. The lowest BCUT2D eigenvalue weighted by Crippen LogP contribution is -2.19. The number of benzene rings is 2. The zero-order valence-corrected chi connectivity index (χ0v) is 15.5. The molecule has 0 saturated carbocycles. The highest BCUT2D eigenvalue weighted by atomic mass is 32.2. The van der Waals surface area contributed by atoms with E-state index in [0.29, 0.717) is 12.4 Å². The maximum atomic E-state index is 11.8. The summed E-state index contributed by atoms with van der Waals surface area (Å²) < 4.78 is 10.5. The number of carbonyl (C=O) groups is 1. The summed E-state index contributed by atoms with van der Waals surface area (Å²) in [5.74, 6) is 2.56. The second-order valence-corrected chi connectivity index (χ2v) is 6.29. The van der Waals surface area contributed by atoms with Gasteiger partial charge in [-0.05, 0) is 47.5 Å². The van der Waals surface area contributed by atoms with Crippen LogP contribution in [0.3, 0.4) is 0 Å². The second-order valence-electron chi connectivity index (χ2n) is 5.30. The molecule has 2 rings (SSSR count). The Balaban J connectivity index is 1.68. The van der Waals surface area contributed by atoms with Gasteiger partial charge in [0.25, 0.3) is 0 Å². The van der Waals surface area contributed by atoms with Gasteiger partial charge in [0.1, 0.15) is 18.1 Å². The zero-order chi connectivity index (χ0) is 18.6. The third kappa shape index (κ3) is 7.03. The van der Waals surface area contributed by atoms with E-state index in [-0.39, 0.29) is 5.91 Å². The van der Waals surface area contributed by atoms with Crippen LogP contribution in [0.15, 0.2) is 66.3 Å². The first-order valence-corrected chi connectivity index (χ1v) is 9.23. The minimum absolute atomic E-state index is 0.134. The van der Waals surface area contributed by atoms with Crippen LogP contribution in [-0.2, 0) is 10.5 Å². The van der Waals surface area contributed by atoms with Crippen molar-refractivity contribution >= 4 is 23.9 Å². The Hall–Kier alpha value is -2.73. The lowest BCUT2D eigenvalue weighted by atomic mass is 10.2. The number of rotatable bonds is 10. The molecular formula is C20H22N2O3S. The van der Waals surface area contributed by atoms with E-state index in [1.54, 1.807) is 19.4 Å². The first-order valence-electron chi connectivity index (χ1n) is 8.07. The first-order chi connectivity index (χ1) is 12.7. The van der Waals surface area contributed by atoms with Gasteiger partial charge in [0.2, 0.25) is 5.91 Å². The van der Waals surface area contributed by atoms with Gasteiger partial charge in [0.15, 0.2) is 0 Å². The van der Waals surface area contributed by atoms with E-state index in [9.17, 15) is 4.79 Å². The van der Waals surface area contributed by atoms with Gasteiger partial charge in [-0.3, -0.25) is 4.79 Å². The summed E-state index contributed by atoms with van der Waals surface area (Å²) in [6.45, 7) is 4.07. The monoisotopic (exact) mass is 370 g/mol. The van der Waals surface area contributed by atoms with E-state index in [1.807, 2.05) is 48.5 Å². The summed E-state index contributed by atoms with van der Waals surface area (Å²) in [6.07, 6.45) is 3.29. The quantitative estimate of drug-likeness (QED) is 0.394. The Labute approximate surface area is 158 Å². The highest BCUT2D eigenvalue weighted by Gasteiger charge is 2.01. The molecular weight excluding hydrogens is 348 g/mol. The third-order valence-electron chi connectivity index (χ3n) is 3.31. The lowest BCUT2D eigenvalue weighted by Gasteiger charge is -2.04. The Morgan fingerprint density at radius 2 is 1.85 bits per heavy atom. The molecule has 0 saturated heterocycles. The van der Waals surface area contributed by atoms with Crippen LogP contribution in [0.25, 0.3) is 0 Å². The van der Waals surface area contributed by atoms with Crippen molar-refractivity contribution in [3.8, 4) is 11.5 Å². The second kappa shape index (κ2) is 11.0. The van der Waals surface area contributed by atoms with Gasteiger partial charge in [0.05, 0.1) is 19.1 Å². The first kappa shape index (κ1) is 19.6. The van der Waals surface area contributed by atoms with Gasteiger partial charge in [-0.2, -0.15) is 5.10 Å². The molecule has 0 bridgehead atoms. The van der Waals surface area contributed by atoms with Gasteiger partial charge in [-0.1, -0.05) is 24.8 Å². The summed E-state index contributed by atoms with van der Waals surface area (Å²) in [4.78, 5) is 11.8. The molecule has 136 valence electrons. The molecule has 1 N–H and O–H groups in total. The van der Waals surface area contributed by atoms with E-state index >= 15 is 0 Å². The highest BCUT2D eigenvalue weighted by molar-refractivity contribution is 7.99. The van der Waals surface area contributed by atoms with Crippen LogP contribution in [0.5, 0.6) is 11.5 Å². The fourth-order valence-electron chi connectivity index (χ4n) is 2.00. The van der Waals surface area contributed by atoms with Gasteiger partial charge >= 0.3 is 0 Å². The number of carbonyl (C=O) groups excluding carboxylic acids is 1. The number of amides is 1. The molecule has 0 radical (unpaired) electrons. The normalized spacial score (nSPS) is 10.5. The van der Waals surface area contributed by atoms with E-state index < -0.39 is 0 Å². The summed E-state index contributed by atoms with van der Waals surface area (Å²) in [7, 11) is 1.64. The number of methoxy groups -OCH3 is 1. The molecule has 2 aromatic carbocycles. The molecule has 6 heteroatoms. The molecule has 1 amide bonds. The number of hydrazone groups is 1. The van der Waals surface area contributed by atoms with Crippen molar-refractivity contribution in [2.45, 2.75) is 5.75 Å².